The van der Waals surface area contributed by atoms with E-state index in [2.05, 4.69) is 21.8 Å². The lowest BCUT2D eigenvalue weighted by Crippen LogP contribution is -2.40. The zero-order valence-corrected chi connectivity index (χ0v) is 15.4. The molecule has 5 nitrogen and oxygen atoms in total. The Kier molecular flexibility index (Phi) is 18.3. The second kappa shape index (κ2) is 16.7. The third-order valence-electron chi connectivity index (χ3n) is 2.66. The molecule has 120 valence electrons. The lowest BCUT2D eigenvalue weighted by Gasteiger charge is -2.21. The van der Waals surface area contributed by atoms with Crippen LogP contribution in [0.2, 0.25) is 0 Å². The summed E-state index contributed by atoms with van der Waals surface area (Å²) in [6.07, 6.45) is 5.04. The summed E-state index contributed by atoms with van der Waals surface area (Å²) in [4.78, 5) is 6.39. The third-order valence-corrected chi connectivity index (χ3v) is 2.66. The number of hydrogen-bond donors (Lipinski definition) is 1. The van der Waals surface area contributed by atoms with Crippen LogP contribution in [0, 0.1) is 0 Å². The van der Waals surface area contributed by atoms with E-state index in [0.29, 0.717) is 13.2 Å². The molecular formula is C14H30IN3O2. The maximum atomic E-state index is 5.40. The van der Waals surface area contributed by atoms with Crippen molar-refractivity contribution >= 4 is 29.9 Å². The molecule has 0 fully saturated rings. The molecule has 0 saturated carbocycles. The van der Waals surface area contributed by atoms with Crippen LogP contribution >= 0.6 is 24.0 Å². The van der Waals surface area contributed by atoms with Crippen LogP contribution < -0.4 is 5.32 Å². The van der Waals surface area contributed by atoms with Crippen LogP contribution in [-0.2, 0) is 9.47 Å². The Morgan fingerprint density at radius 2 is 2.05 bits per heavy atom. The number of ether oxygens (including phenoxy) is 2. The van der Waals surface area contributed by atoms with Gasteiger partial charge in [0, 0.05) is 40.9 Å². The smallest absolute Gasteiger partial charge is 0.193 e. The van der Waals surface area contributed by atoms with Gasteiger partial charge in [0.25, 0.3) is 0 Å². The number of methoxy groups -OCH3 is 1. The molecular weight excluding hydrogens is 369 g/mol. The maximum absolute atomic E-state index is 5.40. The molecule has 0 aliphatic heterocycles. The van der Waals surface area contributed by atoms with Gasteiger partial charge in [-0.2, -0.15) is 0 Å². The summed E-state index contributed by atoms with van der Waals surface area (Å²) in [6, 6.07) is 0. The van der Waals surface area contributed by atoms with Gasteiger partial charge in [-0.1, -0.05) is 6.08 Å². The minimum atomic E-state index is 0. The highest BCUT2D eigenvalue weighted by molar-refractivity contribution is 14.0. The predicted molar refractivity (Wildman–Crippen MR) is 96.1 cm³/mol. The topological polar surface area (TPSA) is 46.1 Å². The Morgan fingerprint density at radius 1 is 1.30 bits per heavy atom. The number of unbranched alkanes of at least 4 members (excludes halogenated alkanes) is 1. The Balaban J connectivity index is 0. The summed E-state index contributed by atoms with van der Waals surface area (Å²) in [5.41, 5.74) is 0. The van der Waals surface area contributed by atoms with Crippen molar-refractivity contribution in [3.05, 3.63) is 12.7 Å². The molecule has 0 spiro atoms. The summed E-state index contributed by atoms with van der Waals surface area (Å²) in [5.74, 6) is 0.931. The monoisotopic (exact) mass is 399 g/mol. The van der Waals surface area contributed by atoms with Gasteiger partial charge in [-0.3, -0.25) is 4.99 Å². The summed E-state index contributed by atoms with van der Waals surface area (Å²) < 4.78 is 10.3. The van der Waals surface area contributed by atoms with E-state index in [0.717, 1.165) is 44.9 Å². The van der Waals surface area contributed by atoms with Crippen LogP contribution in [0.25, 0.3) is 0 Å². The van der Waals surface area contributed by atoms with Gasteiger partial charge in [-0.15, -0.1) is 30.6 Å². The van der Waals surface area contributed by atoms with Crippen LogP contribution in [0.5, 0.6) is 0 Å². The van der Waals surface area contributed by atoms with Crippen molar-refractivity contribution in [1.29, 1.82) is 0 Å². The second-order valence-corrected chi connectivity index (χ2v) is 4.29. The minimum Gasteiger partial charge on any atom is -0.382 e. The average molecular weight is 399 g/mol. The first-order valence-corrected chi connectivity index (χ1v) is 6.85. The van der Waals surface area contributed by atoms with Crippen molar-refractivity contribution in [1.82, 2.24) is 10.2 Å². The van der Waals surface area contributed by atoms with Crippen molar-refractivity contribution in [2.75, 3.05) is 54.1 Å². The standard InChI is InChI=1S/C14H29N3O2.HI/c1-5-6-7-10-17(3)14(15-2)16-9-8-11-19-13-12-18-4;/h5H,1,6-13H2,2-4H3,(H,15,16);1H. The van der Waals surface area contributed by atoms with Crippen molar-refractivity contribution in [3.63, 3.8) is 0 Å². The van der Waals surface area contributed by atoms with Gasteiger partial charge in [0.1, 0.15) is 0 Å². The number of halogens is 1. The quantitative estimate of drug-likeness (QED) is 0.190. The third kappa shape index (κ3) is 12.7. The van der Waals surface area contributed by atoms with E-state index in [-0.39, 0.29) is 24.0 Å². The van der Waals surface area contributed by atoms with Crippen molar-refractivity contribution in [3.8, 4) is 0 Å². The number of aliphatic imine (C=N–C) groups is 1. The van der Waals surface area contributed by atoms with Gasteiger partial charge >= 0.3 is 0 Å². The van der Waals surface area contributed by atoms with E-state index in [9.17, 15) is 0 Å². The number of rotatable bonds is 11. The Labute approximate surface area is 140 Å². The normalized spacial score (nSPS) is 10.8. The minimum absolute atomic E-state index is 0. The molecule has 0 rings (SSSR count). The van der Waals surface area contributed by atoms with E-state index >= 15 is 0 Å². The summed E-state index contributed by atoms with van der Waals surface area (Å²) in [6.45, 7) is 7.63. The molecule has 0 radical (unpaired) electrons. The van der Waals surface area contributed by atoms with E-state index in [1.54, 1.807) is 14.2 Å². The zero-order valence-electron chi connectivity index (χ0n) is 13.1. The number of allylic oxidation sites excluding steroid dienone is 1. The highest BCUT2D eigenvalue weighted by atomic mass is 127. The second-order valence-electron chi connectivity index (χ2n) is 4.29. The van der Waals surface area contributed by atoms with Crippen LogP contribution in [0.15, 0.2) is 17.6 Å². The fourth-order valence-corrected chi connectivity index (χ4v) is 1.58. The fraction of sp³-hybridized carbons (Fsp3) is 0.786. The molecule has 0 aliphatic rings. The van der Waals surface area contributed by atoms with Gasteiger partial charge in [-0.25, -0.2) is 0 Å². The first kappa shape index (κ1) is 21.9. The van der Waals surface area contributed by atoms with Gasteiger partial charge in [0.15, 0.2) is 5.96 Å². The van der Waals surface area contributed by atoms with E-state index in [1.165, 1.54) is 0 Å². The maximum Gasteiger partial charge on any atom is 0.193 e. The van der Waals surface area contributed by atoms with Gasteiger partial charge in [0.2, 0.25) is 0 Å². The van der Waals surface area contributed by atoms with Crippen LogP contribution in [0.1, 0.15) is 19.3 Å². The Hall–Kier alpha value is -0.340. The van der Waals surface area contributed by atoms with Crippen molar-refractivity contribution < 1.29 is 9.47 Å². The first-order chi connectivity index (χ1) is 9.26. The summed E-state index contributed by atoms with van der Waals surface area (Å²) >= 11 is 0. The molecule has 0 saturated heterocycles. The molecule has 0 atom stereocenters. The zero-order chi connectivity index (χ0) is 14.3. The molecule has 0 bridgehead atoms. The lowest BCUT2D eigenvalue weighted by molar-refractivity contribution is 0.0698. The first-order valence-electron chi connectivity index (χ1n) is 6.85. The molecule has 0 aromatic carbocycles. The van der Waals surface area contributed by atoms with Gasteiger partial charge < -0.3 is 19.7 Å². The largest absolute Gasteiger partial charge is 0.382 e. The van der Waals surface area contributed by atoms with Crippen LogP contribution in [-0.4, -0.2) is 65.0 Å². The van der Waals surface area contributed by atoms with E-state index in [1.807, 2.05) is 13.1 Å². The highest BCUT2D eigenvalue weighted by Gasteiger charge is 2.03. The fourth-order valence-electron chi connectivity index (χ4n) is 1.58. The van der Waals surface area contributed by atoms with Crippen LogP contribution in [0.4, 0.5) is 0 Å². The molecule has 0 unspecified atom stereocenters. The predicted octanol–water partition coefficient (Wildman–Crippen LogP) is 2.13. The Bertz CT molecular complexity index is 251. The van der Waals surface area contributed by atoms with Crippen molar-refractivity contribution in [2.45, 2.75) is 19.3 Å². The molecule has 0 aromatic heterocycles. The molecule has 0 amide bonds. The molecule has 0 aromatic rings. The van der Waals surface area contributed by atoms with Crippen LogP contribution in [0.3, 0.4) is 0 Å². The lowest BCUT2D eigenvalue weighted by atomic mass is 10.3. The molecule has 0 aliphatic carbocycles. The molecule has 20 heavy (non-hydrogen) atoms. The van der Waals surface area contributed by atoms with Gasteiger partial charge in [-0.05, 0) is 19.3 Å². The number of nitrogens with one attached hydrogen (secondary N) is 1. The van der Waals surface area contributed by atoms with Gasteiger partial charge in [0.05, 0.1) is 13.2 Å². The molecule has 1 N–H and O–H groups in total. The number of guanidine groups is 1. The summed E-state index contributed by atoms with van der Waals surface area (Å²) in [7, 11) is 5.53. The number of hydrogen-bond acceptors (Lipinski definition) is 3. The SMILES string of the molecule is C=CCCCN(C)C(=NC)NCCCOCCOC.I. The van der Waals surface area contributed by atoms with Crippen molar-refractivity contribution in [2.24, 2.45) is 4.99 Å². The average Bonchev–Trinajstić information content (AvgIpc) is 2.42. The summed E-state index contributed by atoms with van der Waals surface area (Å²) in [5, 5.41) is 3.33. The van der Waals surface area contributed by atoms with E-state index < -0.39 is 0 Å². The molecule has 6 heteroatoms. The Morgan fingerprint density at radius 3 is 2.65 bits per heavy atom. The highest BCUT2D eigenvalue weighted by Crippen LogP contribution is 1.94. The molecule has 0 heterocycles. The van der Waals surface area contributed by atoms with E-state index in [4.69, 9.17) is 9.47 Å². The number of nitrogens with zero attached hydrogens (tertiary/aromatic N) is 2.